The number of nitrogens with one attached hydrogen (secondary N) is 1. The molecule has 0 radical (unpaired) electrons. The molecular weight excluding hydrogens is 338 g/mol. The summed E-state index contributed by atoms with van der Waals surface area (Å²) >= 11 is 0. The summed E-state index contributed by atoms with van der Waals surface area (Å²) in [6.07, 6.45) is 4.95. The number of rotatable bonds is 5. The molecule has 1 aromatic heterocycles. The topological polar surface area (TPSA) is 104 Å². The number of esters is 1. The molecule has 0 unspecified atom stereocenters. The third-order valence-corrected chi connectivity index (χ3v) is 4.11. The average molecular weight is 359 g/mol. The Morgan fingerprint density at radius 1 is 1.27 bits per heavy atom. The molecular formula is C18H21N3O5. The van der Waals surface area contributed by atoms with Crippen molar-refractivity contribution in [2.24, 2.45) is 0 Å². The van der Waals surface area contributed by atoms with Crippen molar-refractivity contribution in [3.05, 3.63) is 30.2 Å². The van der Waals surface area contributed by atoms with Gasteiger partial charge in [-0.3, -0.25) is 0 Å². The molecule has 8 heteroatoms. The molecule has 1 N–H and O–H groups in total. The fourth-order valence-electron chi connectivity index (χ4n) is 2.87. The Hall–Kier alpha value is -2.90. The van der Waals surface area contributed by atoms with Crippen LogP contribution in [-0.2, 0) is 4.74 Å². The molecule has 1 fully saturated rings. The van der Waals surface area contributed by atoms with E-state index in [-0.39, 0.29) is 24.4 Å². The molecule has 8 nitrogen and oxygen atoms in total. The van der Waals surface area contributed by atoms with Gasteiger partial charge in [0.2, 0.25) is 5.82 Å². The van der Waals surface area contributed by atoms with Crippen molar-refractivity contribution in [1.29, 1.82) is 0 Å². The number of carbonyl (C=O) groups excluding carboxylic acids is 2. The largest absolute Gasteiger partial charge is 0.459 e. The van der Waals surface area contributed by atoms with Crippen LogP contribution in [0.3, 0.4) is 0 Å². The zero-order chi connectivity index (χ0) is 18.4. The van der Waals surface area contributed by atoms with Gasteiger partial charge in [0.25, 0.3) is 0 Å². The lowest BCUT2D eigenvalue weighted by atomic mass is 9.96. The molecule has 1 heterocycles. The van der Waals surface area contributed by atoms with E-state index in [0.29, 0.717) is 11.3 Å². The number of amides is 1. The molecule has 0 aliphatic heterocycles. The summed E-state index contributed by atoms with van der Waals surface area (Å²) in [5.74, 6) is -0.321. The van der Waals surface area contributed by atoms with Crippen LogP contribution in [0, 0.1) is 0 Å². The predicted molar refractivity (Wildman–Crippen MR) is 91.7 cm³/mol. The van der Waals surface area contributed by atoms with Crippen LogP contribution in [0.2, 0.25) is 0 Å². The zero-order valence-electron chi connectivity index (χ0n) is 14.6. The first kappa shape index (κ1) is 17.9. The minimum Gasteiger partial charge on any atom is -0.459 e. The predicted octanol–water partition coefficient (Wildman–Crippen LogP) is 3.33. The van der Waals surface area contributed by atoms with Crippen molar-refractivity contribution in [2.45, 2.75) is 45.1 Å². The van der Waals surface area contributed by atoms with E-state index >= 15 is 0 Å². The van der Waals surface area contributed by atoms with Gasteiger partial charge in [-0.1, -0.05) is 36.6 Å². The Morgan fingerprint density at radius 2 is 2.08 bits per heavy atom. The summed E-state index contributed by atoms with van der Waals surface area (Å²) in [7, 11) is 0. The monoisotopic (exact) mass is 359 g/mol. The van der Waals surface area contributed by atoms with Gasteiger partial charge in [0, 0.05) is 11.6 Å². The fourth-order valence-corrected chi connectivity index (χ4v) is 2.87. The van der Waals surface area contributed by atoms with Gasteiger partial charge in [-0.25, -0.2) is 9.59 Å². The van der Waals surface area contributed by atoms with Crippen molar-refractivity contribution < 1.29 is 23.6 Å². The SMILES string of the molecule is CCOC(=O)c1nc(-c2cccc(OC(=O)NC3CCCCC3)c2)no1. The van der Waals surface area contributed by atoms with E-state index in [1.54, 1.807) is 31.2 Å². The van der Waals surface area contributed by atoms with E-state index in [2.05, 4.69) is 15.5 Å². The summed E-state index contributed by atoms with van der Waals surface area (Å²) in [6.45, 7) is 1.91. The van der Waals surface area contributed by atoms with Crippen molar-refractivity contribution in [3.63, 3.8) is 0 Å². The Bertz CT molecular complexity index is 768. The van der Waals surface area contributed by atoms with E-state index in [4.69, 9.17) is 14.0 Å². The van der Waals surface area contributed by atoms with Crippen LogP contribution in [0.15, 0.2) is 28.8 Å². The van der Waals surface area contributed by atoms with Gasteiger partial charge in [0.1, 0.15) is 5.75 Å². The lowest BCUT2D eigenvalue weighted by molar-refractivity contribution is 0.0470. The molecule has 1 aliphatic carbocycles. The molecule has 138 valence electrons. The van der Waals surface area contributed by atoms with Crippen LogP contribution in [0.1, 0.15) is 49.7 Å². The molecule has 1 amide bonds. The van der Waals surface area contributed by atoms with Crippen LogP contribution in [0.4, 0.5) is 4.79 Å². The molecule has 0 saturated heterocycles. The summed E-state index contributed by atoms with van der Waals surface area (Å²) < 4.78 is 15.1. The lowest BCUT2D eigenvalue weighted by Crippen LogP contribution is -2.37. The normalized spacial score (nSPS) is 14.7. The minimum atomic E-state index is -0.675. The molecule has 0 bridgehead atoms. The number of ether oxygens (including phenoxy) is 2. The first-order valence-corrected chi connectivity index (χ1v) is 8.75. The van der Waals surface area contributed by atoms with Crippen LogP contribution in [0.25, 0.3) is 11.4 Å². The van der Waals surface area contributed by atoms with Crippen LogP contribution >= 0.6 is 0 Å². The lowest BCUT2D eigenvalue weighted by Gasteiger charge is -2.22. The Kier molecular flexibility index (Phi) is 5.83. The standard InChI is InChI=1S/C18H21N3O5/c1-2-24-17(22)16-20-15(21-26-16)12-7-6-10-14(11-12)25-18(23)19-13-8-4-3-5-9-13/h6-7,10-11,13H,2-5,8-9H2,1H3,(H,19,23). The van der Waals surface area contributed by atoms with Gasteiger partial charge in [0.15, 0.2) is 0 Å². The minimum absolute atomic E-state index is 0.170. The Labute approximate surface area is 150 Å². The maximum Gasteiger partial charge on any atom is 0.412 e. The molecule has 1 aromatic carbocycles. The summed E-state index contributed by atoms with van der Waals surface area (Å²) in [4.78, 5) is 27.6. The molecule has 3 rings (SSSR count). The van der Waals surface area contributed by atoms with E-state index in [1.807, 2.05) is 0 Å². The van der Waals surface area contributed by atoms with Crippen LogP contribution in [-0.4, -0.2) is 34.9 Å². The van der Waals surface area contributed by atoms with Gasteiger partial charge >= 0.3 is 18.0 Å². The Morgan fingerprint density at radius 3 is 2.85 bits per heavy atom. The van der Waals surface area contributed by atoms with Gasteiger partial charge in [0.05, 0.1) is 6.61 Å². The smallest absolute Gasteiger partial charge is 0.412 e. The van der Waals surface area contributed by atoms with Gasteiger partial charge in [-0.2, -0.15) is 4.98 Å². The van der Waals surface area contributed by atoms with E-state index in [9.17, 15) is 9.59 Å². The molecule has 1 saturated carbocycles. The molecule has 0 spiro atoms. The fraction of sp³-hybridized carbons (Fsp3) is 0.444. The number of hydrogen-bond acceptors (Lipinski definition) is 7. The molecule has 2 aromatic rings. The first-order valence-electron chi connectivity index (χ1n) is 8.75. The van der Waals surface area contributed by atoms with Crippen molar-refractivity contribution in [2.75, 3.05) is 6.61 Å². The van der Waals surface area contributed by atoms with Crippen molar-refractivity contribution in [1.82, 2.24) is 15.5 Å². The van der Waals surface area contributed by atoms with Crippen LogP contribution in [0.5, 0.6) is 5.75 Å². The molecule has 0 atom stereocenters. The highest BCUT2D eigenvalue weighted by atomic mass is 16.6. The van der Waals surface area contributed by atoms with Crippen molar-refractivity contribution in [3.8, 4) is 17.1 Å². The highest BCUT2D eigenvalue weighted by Crippen LogP contribution is 2.22. The van der Waals surface area contributed by atoms with Crippen molar-refractivity contribution >= 4 is 12.1 Å². The third-order valence-electron chi connectivity index (χ3n) is 4.11. The summed E-state index contributed by atoms with van der Waals surface area (Å²) in [5.41, 5.74) is 0.562. The van der Waals surface area contributed by atoms with Crippen LogP contribution < -0.4 is 10.1 Å². The number of carbonyl (C=O) groups is 2. The quantitative estimate of drug-likeness (QED) is 0.817. The number of benzene rings is 1. The molecule has 1 aliphatic rings. The second kappa shape index (κ2) is 8.46. The van der Waals surface area contributed by atoms with E-state index in [1.165, 1.54) is 6.42 Å². The third kappa shape index (κ3) is 4.59. The highest BCUT2D eigenvalue weighted by molar-refractivity contribution is 5.84. The number of nitrogens with zero attached hydrogens (tertiary/aromatic N) is 2. The number of aromatic nitrogens is 2. The van der Waals surface area contributed by atoms with E-state index < -0.39 is 12.1 Å². The van der Waals surface area contributed by atoms with Gasteiger partial charge in [-0.15, -0.1) is 0 Å². The summed E-state index contributed by atoms with van der Waals surface area (Å²) in [5, 5.41) is 6.65. The van der Waals surface area contributed by atoms with E-state index in [0.717, 1.165) is 25.7 Å². The average Bonchev–Trinajstić information content (AvgIpc) is 3.13. The maximum absolute atomic E-state index is 12.0. The second-order valence-electron chi connectivity index (χ2n) is 6.04. The maximum atomic E-state index is 12.0. The first-order chi connectivity index (χ1) is 12.7. The Balaban J connectivity index is 1.64. The van der Waals surface area contributed by atoms with Gasteiger partial charge in [-0.05, 0) is 31.9 Å². The highest BCUT2D eigenvalue weighted by Gasteiger charge is 2.19. The summed E-state index contributed by atoms with van der Waals surface area (Å²) in [6, 6.07) is 6.88. The second-order valence-corrected chi connectivity index (χ2v) is 6.04. The molecule has 26 heavy (non-hydrogen) atoms. The zero-order valence-corrected chi connectivity index (χ0v) is 14.6. The van der Waals surface area contributed by atoms with Gasteiger partial charge < -0.3 is 19.3 Å². The number of hydrogen-bond donors (Lipinski definition) is 1.